The van der Waals surface area contributed by atoms with E-state index in [0.29, 0.717) is 50.3 Å². The van der Waals surface area contributed by atoms with Crippen molar-refractivity contribution in [1.29, 1.82) is 0 Å². The number of fused-ring (bicyclic) bond motifs is 3. The zero-order valence-corrected chi connectivity index (χ0v) is 20.8. The number of hydrogen-bond donors (Lipinski definition) is 1. The Morgan fingerprint density at radius 3 is 2.80 bits per heavy atom. The molecule has 1 aliphatic heterocycles. The molecular weight excluding hydrogens is 467 g/mol. The molecule has 9 heteroatoms. The van der Waals surface area contributed by atoms with E-state index in [9.17, 15) is 14.0 Å². The molecule has 1 saturated heterocycles. The summed E-state index contributed by atoms with van der Waals surface area (Å²) in [5.41, 5.74) is 1.72. The first-order chi connectivity index (χ1) is 17.0. The number of carbonyl (C=O) groups is 1. The van der Waals surface area contributed by atoms with Crippen LogP contribution < -0.4 is 10.9 Å². The van der Waals surface area contributed by atoms with Gasteiger partial charge in [-0.15, -0.1) is 11.3 Å². The molecule has 3 aromatic rings. The minimum atomic E-state index is -0.243. The van der Waals surface area contributed by atoms with Gasteiger partial charge in [-0.05, 0) is 62.6 Å². The second-order valence-corrected chi connectivity index (χ2v) is 10.4. The molecule has 0 unspecified atom stereocenters. The van der Waals surface area contributed by atoms with Crippen LogP contribution in [0.5, 0.6) is 0 Å². The lowest BCUT2D eigenvalue weighted by molar-refractivity contribution is 0.0940. The number of benzene rings is 1. The standard InChI is InChI=1S/C26H31FN4O3S/c1-2-34-26(33)30-13-10-18(11-14-30)29-19-7-8-20-22(15-19)35-24-23(20)25(32)31(16-28-24)12-9-17-5-3-4-6-21(17)27/h3-6,16,18-19,29H,2,7-15H2,1H3/t19-/m0/s1. The number of thiophene rings is 1. The van der Waals surface area contributed by atoms with E-state index < -0.39 is 0 Å². The van der Waals surface area contributed by atoms with Crippen molar-refractivity contribution in [3.63, 3.8) is 0 Å². The summed E-state index contributed by atoms with van der Waals surface area (Å²) in [6.45, 7) is 4.07. The average molecular weight is 499 g/mol. The van der Waals surface area contributed by atoms with Crippen LogP contribution in [0.15, 0.2) is 35.4 Å². The normalized spacial score (nSPS) is 18.6. The maximum atomic E-state index is 14.0. The number of aryl methyl sites for hydroxylation is 3. The Morgan fingerprint density at radius 2 is 2.03 bits per heavy atom. The van der Waals surface area contributed by atoms with Crippen LogP contribution in [-0.2, 0) is 30.5 Å². The number of hydrogen-bond acceptors (Lipinski definition) is 6. The number of nitrogens with one attached hydrogen (secondary N) is 1. The molecule has 0 spiro atoms. The van der Waals surface area contributed by atoms with Crippen LogP contribution in [0.4, 0.5) is 9.18 Å². The molecule has 0 saturated carbocycles. The molecule has 1 N–H and O–H groups in total. The van der Waals surface area contributed by atoms with Crippen molar-refractivity contribution in [2.75, 3.05) is 19.7 Å². The molecule has 1 atom stereocenters. The fraction of sp³-hybridized carbons (Fsp3) is 0.500. The summed E-state index contributed by atoms with van der Waals surface area (Å²) < 4.78 is 20.7. The molecule has 5 rings (SSSR count). The Hall–Kier alpha value is -2.78. The Labute approximate surface area is 207 Å². The number of nitrogens with zero attached hydrogens (tertiary/aromatic N) is 3. The van der Waals surface area contributed by atoms with E-state index in [1.165, 1.54) is 10.9 Å². The summed E-state index contributed by atoms with van der Waals surface area (Å²) in [6, 6.07) is 7.43. The van der Waals surface area contributed by atoms with E-state index in [2.05, 4.69) is 10.3 Å². The molecule has 7 nitrogen and oxygen atoms in total. The summed E-state index contributed by atoms with van der Waals surface area (Å²) >= 11 is 1.62. The second-order valence-electron chi connectivity index (χ2n) is 9.34. The summed E-state index contributed by atoms with van der Waals surface area (Å²) in [7, 11) is 0. The number of aromatic nitrogens is 2. The van der Waals surface area contributed by atoms with E-state index in [-0.39, 0.29) is 17.5 Å². The maximum absolute atomic E-state index is 14.0. The topological polar surface area (TPSA) is 76.5 Å². The van der Waals surface area contributed by atoms with E-state index in [0.717, 1.165) is 47.9 Å². The lowest BCUT2D eigenvalue weighted by Gasteiger charge is -2.35. The van der Waals surface area contributed by atoms with Gasteiger partial charge in [0.05, 0.1) is 18.3 Å². The van der Waals surface area contributed by atoms with Crippen LogP contribution in [0.3, 0.4) is 0 Å². The summed E-state index contributed by atoms with van der Waals surface area (Å²) in [4.78, 5) is 33.6. The lowest BCUT2D eigenvalue weighted by Crippen LogP contribution is -2.49. The van der Waals surface area contributed by atoms with Crippen molar-refractivity contribution >= 4 is 27.6 Å². The van der Waals surface area contributed by atoms with Gasteiger partial charge in [0.1, 0.15) is 10.6 Å². The van der Waals surface area contributed by atoms with Crippen LogP contribution in [0.2, 0.25) is 0 Å². The SMILES string of the molecule is CCOC(=O)N1CCC(N[C@H]2CCc3c(sc4ncn(CCc5ccccc5F)c(=O)c34)C2)CC1. The summed E-state index contributed by atoms with van der Waals surface area (Å²) in [5.74, 6) is -0.243. The van der Waals surface area contributed by atoms with Gasteiger partial charge in [-0.2, -0.15) is 0 Å². The number of amides is 1. The molecule has 0 bridgehead atoms. The fourth-order valence-electron chi connectivity index (χ4n) is 5.22. The van der Waals surface area contributed by atoms with E-state index in [1.54, 1.807) is 39.3 Å². The third-order valence-electron chi connectivity index (χ3n) is 7.11. The molecule has 1 aromatic carbocycles. The Morgan fingerprint density at radius 1 is 1.23 bits per heavy atom. The average Bonchev–Trinajstić information content (AvgIpc) is 3.24. The van der Waals surface area contributed by atoms with Crippen LogP contribution in [0, 0.1) is 5.82 Å². The third-order valence-corrected chi connectivity index (χ3v) is 8.27. The van der Waals surface area contributed by atoms with Crippen molar-refractivity contribution in [2.45, 2.75) is 64.1 Å². The Kier molecular flexibility index (Phi) is 7.15. The van der Waals surface area contributed by atoms with Gasteiger partial charge in [-0.3, -0.25) is 9.36 Å². The number of rotatable bonds is 6. The molecule has 2 aliphatic rings. The van der Waals surface area contributed by atoms with Crippen LogP contribution >= 0.6 is 11.3 Å². The molecule has 2 aromatic heterocycles. The smallest absolute Gasteiger partial charge is 0.409 e. The van der Waals surface area contributed by atoms with E-state index in [1.807, 2.05) is 13.0 Å². The first-order valence-electron chi connectivity index (χ1n) is 12.4. The number of carbonyl (C=O) groups excluding carboxylic acids is 1. The number of piperidine rings is 1. The fourth-order valence-corrected chi connectivity index (χ4v) is 6.48. The molecule has 1 amide bonds. The second kappa shape index (κ2) is 10.5. The summed E-state index contributed by atoms with van der Waals surface area (Å²) in [6.07, 6.45) is 6.39. The predicted molar refractivity (Wildman–Crippen MR) is 135 cm³/mol. The zero-order chi connectivity index (χ0) is 24.4. The predicted octanol–water partition coefficient (Wildman–Crippen LogP) is 3.91. The van der Waals surface area contributed by atoms with Gasteiger partial charge in [-0.1, -0.05) is 18.2 Å². The van der Waals surface area contributed by atoms with Gasteiger partial charge >= 0.3 is 6.09 Å². The zero-order valence-electron chi connectivity index (χ0n) is 20.0. The largest absolute Gasteiger partial charge is 0.450 e. The van der Waals surface area contributed by atoms with Crippen LogP contribution in [-0.4, -0.2) is 52.3 Å². The highest BCUT2D eigenvalue weighted by molar-refractivity contribution is 7.18. The van der Waals surface area contributed by atoms with Crippen molar-refractivity contribution in [2.24, 2.45) is 0 Å². The molecule has 3 heterocycles. The van der Waals surface area contributed by atoms with E-state index in [4.69, 9.17) is 4.74 Å². The molecular formula is C26H31FN4O3S. The molecule has 35 heavy (non-hydrogen) atoms. The molecule has 0 radical (unpaired) electrons. The quantitative estimate of drug-likeness (QED) is 0.558. The van der Waals surface area contributed by atoms with E-state index >= 15 is 0 Å². The number of halogens is 1. The van der Waals surface area contributed by atoms with Gasteiger partial charge in [-0.25, -0.2) is 14.2 Å². The number of ether oxygens (including phenoxy) is 1. The van der Waals surface area contributed by atoms with Crippen LogP contribution in [0.1, 0.15) is 42.2 Å². The highest BCUT2D eigenvalue weighted by Gasteiger charge is 2.29. The third kappa shape index (κ3) is 5.11. The number of likely N-dealkylation sites (tertiary alicyclic amines) is 1. The molecule has 186 valence electrons. The highest BCUT2D eigenvalue weighted by Crippen LogP contribution is 2.34. The van der Waals surface area contributed by atoms with Gasteiger partial charge in [0.15, 0.2) is 0 Å². The minimum absolute atomic E-state index is 0.0263. The first-order valence-corrected chi connectivity index (χ1v) is 13.3. The molecule has 1 aliphatic carbocycles. The van der Waals surface area contributed by atoms with Crippen molar-refractivity contribution < 1.29 is 13.9 Å². The van der Waals surface area contributed by atoms with Crippen LogP contribution in [0.25, 0.3) is 10.2 Å². The van der Waals surface area contributed by atoms with Gasteiger partial charge in [0.25, 0.3) is 5.56 Å². The maximum Gasteiger partial charge on any atom is 0.409 e. The van der Waals surface area contributed by atoms with Gasteiger partial charge in [0, 0.05) is 36.6 Å². The lowest BCUT2D eigenvalue weighted by atomic mass is 9.91. The van der Waals surface area contributed by atoms with Crippen molar-refractivity contribution in [3.8, 4) is 0 Å². The summed E-state index contributed by atoms with van der Waals surface area (Å²) in [5, 5.41) is 4.53. The van der Waals surface area contributed by atoms with Crippen molar-refractivity contribution in [1.82, 2.24) is 19.8 Å². The van der Waals surface area contributed by atoms with Gasteiger partial charge < -0.3 is 15.0 Å². The highest BCUT2D eigenvalue weighted by atomic mass is 32.1. The monoisotopic (exact) mass is 498 g/mol. The first kappa shape index (κ1) is 23.9. The Balaban J connectivity index is 1.24. The van der Waals surface area contributed by atoms with Gasteiger partial charge in [0.2, 0.25) is 0 Å². The Bertz CT molecular complexity index is 1270. The van der Waals surface area contributed by atoms with Crippen molar-refractivity contribution in [3.05, 3.63) is 62.8 Å². The molecule has 1 fully saturated rings. The minimum Gasteiger partial charge on any atom is -0.450 e.